The van der Waals surface area contributed by atoms with E-state index in [1.165, 1.54) is 4.52 Å². The Hall–Kier alpha value is -3.53. The van der Waals surface area contributed by atoms with Crippen LogP contribution in [0.4, 0.5) is 0 Å². The molecule has 10 nitrogen and oxygen atoms in total. The molecule has 1 aromatic carbocycles. The lowest BCUT2D eigenvalue weighted by Crippen LogP contribution is -2.32. The van der Waals surface area contributed by atoms with Crippen LogP contribution in [0.15, 0.2) is 23.0 Å². The molecular weight excluding hydrogens is 452 g/mol. The summed E-state index contributed by atoms with van der Waals surface area (Å²) in [5.41, 5.74) is 3.07. The Morgan fingerprint density at radius 2 is 1.89 bits per heavy atom. The number of methoxy groups -OCH3 is 3. The van der Waals surface area contributed by atoms with E-state index in [-0.39, 0.29) is 24.0 Å². The van der Waals surface area contributed by atoms with Gasteiger partial charge in [0.05, 0.1) is 33.1 Å². The number of fused-ring (bicyclic) bond motifs is 1. The van der Waals surface area contributed by atoms with Gasteiger partial charge in [-0.05, 0) is 38.3 Å². The van der Waals surface area contributed by atoms with Crippen LogP contribution in [0.2, 0.25) is 0 Å². The molecule has 3 heterocycles. The Morgan fingerprint density at radius 3 is 2.49 bits per heavy atom. The molecule has 1 aliphatic heterocycles. The highest BCUT2D eigenvalue weighted by atomic mass is 16.5. The highest BCUT2D eigenvalue weighted by molar-refractivity contribution is 5.76. The van der Waals surface area contributed by atoms with Crippen molar-refractivity contribution < 1.29 is 23.7 Å². The van der Waals surface area contributed by atoms with Gasteiger partial charge in [0.25, 0.3) is 5.56 Å². The van der Waals surface area contributed by atoms with Crippen LogP contribution >= 0.6 is 0 Å². The number of hydrogen-bond acceptors (Lipinski definition) is 7. The molecule has 0 unspecified atom stereocenters. The van der Waals surface area contributed by atoms with Gasteiger partial charge in [-0.25, -0.2) is 0 Å². The smallest absolute Gasteiger partial charge is 0.277 e. The van der Waals surface area contributed by atoms with Crippen LogP contribution in [0.1, 0.15) is 30.5 Å². The van der Waals surface area contributed by atoms with Gasteiger partial charge >= 0.3 is 0 Å². The maximum absolute atomic E-state index is 13.3. The summed E-state index contributed by atoms with van der Waals surface area (Å²) in [5.74, 6) is 1.38. The lowest BCUT2D eigenvalue weighted by molar-refractivity contribution is -0.121. The van der Waals surface area contributed by atoms with Crippen molar-refractivity contribution in [3.63, 3.8) is 0 Å². The molecule has 1 N–H and O–H groups in total. The summed E-state index contributed by atoms with van der Waals surface area (Å²) in [6.07, 6.45) is 2.62. The second-order valence-corrected chi connectivity index (χ2v) is 8.58. The van der Waals surface area contributed by atoms with Crippen LogP contribution in [0, 0.1) is 6.92 Å². The topological polar surface area (TPSA) is 105 Å². The Labute approximate surface area is 203 Å². The fraction of sp³-hybridized carbons (Fsp3) is 0.480. The summed E-state index contributed by atoms with van der Waals surface area (Å²) in [7, 11) is 6.52. The molecule has 2 aromatic heterocycles. The first-order chi connectivity index (χ1) is 16.9. The minimum absolute atomic E-state index is 0.0857. The zero-order valence-electron chi connectivity index (χ0n) is 20.8. The van der Waals surface area contributed by atoms with Crippen molar-refractivity contribution in [2.45, 2.75) is 38.7 Å². The Bertz CT molecular complexity index is 1260. The summed E-state index contributed by atoms with van der Waals surface area (Å²) < 4.78 is 25.1. The first kappa shape index (κ1) is 24.6. The third kappa shape index (κ3) is 4.84. The Balaban J connectivity index is 1.62. The van der Waals surface area contributed by atoms with Crippen molar-refractivity contribution >= 4 is 11.6 Å². The van der Waals surface area contributed by atoms with Crippen LogP contribution in [0.5, 0.6) is 17.2 Å². The number of ether oxygens (including phenoxy) is 4. The predicted octanol–water partition coefficient (Wildman–Crippen LogP) is 2.26. The van der Waals surface area contributed by atoms with Crippen LogP contribution < -0.4 is 25.1 Å². The highest BCUT2D eigenvalue weighted by Gasteiger charge is 2.20. The third-order valence-electron chi connectivity index (χ3n) is 6.54. The number of aryl methyl sites for hydroxylation is 1. The summed E-state index contributed by atoms with van der Waals surface area (Å²) in [4.78, 5) is 25.7. The van der Waals surface area contributed by atoms with Crippen LogP contribution in [-0.4, -0.2) is 60.7 Å². The average Bonchev–Trinajstić information content (AvgIpc) is 3.55. The van der Waals surface area contributed by atoms with Gasteiger partial charge in [0.1, 0.15) is 5.65 Å². The lowest BCUT2D eigenvalue weighted by Gasteiger charge is -2.13. The highest BCUT2D eigenvalue weighted by Crippen LogP contribution is 2.41. The Kier molecular flexibility index (Phi) is 7.30. The molecule has 0 saturated carbocycles. The number of carbonyl (C=O) groups excluding carboxylic acids is 1. The number of carbonyl (C=O) groups is 1. The van der Waals surface area contributed by atoms with Crippen LogP contribution in [-0.2, 0) is 23.0 Å². The standard InChI is InChI=1S/C25H32N4O6/c1-15-18(8-9-22(30)26-14-17-7-6-10-35-17)25(31)29-23(28(15)2)13-19(27-29)16-11-20(32-3)24(34-5)21(12-16)33-4/h11-13,17H,6-10,14H2,1-5H3,(H,26,30)/t17-/m1/s1. The lowest BCUT2D eigenvalue weighted by atomic mass is 10.1. The van der Waals surface area contributed by atoms with Crippen molar-refractivity contribution in [2.24, 2.45) is 7.05 Å². The third-order valence-corrected chi connectivity index (χ3v) is 6.54. The number of amides is 1. The minimum Gasteiger partial charge on any atom is -0.493 e. The molecule has 0 aliphatic carbocycles. The Morgan fingerprint density at radius 1 is 1.17 bits per heavy atom. The first-order valence-corrected chi connectivity index (χ1v) is 11.6. The number of benzene rings is 1. The van der Waals surface area contributed by atoms with Gasteiger partial charge in [-0.15, -0.1) is 0 Å². The molecule has 0 bridgehead atoms. The van der Waals surface area contributed by atoms with Crippen molar-refractivity contribution in [3.8, 4) is 28.5 Å². The van der Waals surface area contributed by atoms with E-state index in [0.717, 1.165) is 30.7 Å². The molecule has 1 saturated heterocycles. The van der Waals surface area contributed by atoms with Crippen LogP contribution in [0.25, 0.3) is 16.9 Å². The van der Waals surface area contributed by atoms with Crippen molar-refractivity contribution in [1.82, 2.24) is 19.5 Å². The van der Waals surface area contributed by atoms with Gasteiger partial charge in [-0.2, -0.15) is 9.61 Å². The van der Waals surface area contributed by atoms with Crippen molar-refractivity contribution in [1.29, 1.82) is 0 Å². The molecule has 4 rings (SSSR count). The van der Waals surface area contributed by atoms with Gasteiger partial charge in [0.15, 0.2) is 11.5 Å². The number of rotatable bonds is 9. The molecule has 3 aromatic rings. The van der Waals surface area contributed by atoms with E-state index >= 15 is 0 Å². The normalized spacial score (nSPS) is 15.4. The number of hydrogen-bond donors (Lipinski definition) is 1. The van der Waals surface area contributed by atoms with E-state index in [2.05, 4.69) is 10.4 Å². The average molecular weight is 485 g/mol. The molecular formula is C25H32N4O6. The summed E-state index contributed by atoms with van der Waals surface area (Å²) in [6, 6.07) is 5.42. The molecule has 1 amide bonds. The fourth-order valence-corrected chi connectivity index (χ4v) is 4.43. The molecule has 10 heteroatoms. The molecule has 0 spiro atoms. The predicted molar refractivity (Wildman–Crippen MR) is 131 cm³/mol. The number of nitrogens with one attached hydrogen (secondary N) is 1. The molecule has 1 aliphatic rings. The molecule has 1 atom stereocenters. The number of nitrogens with zero attached hydrogens (tertiary/aromatic N) is 3. The van der Waals surface area contributed by atoms with E-state index in [9.17, 15) is 9.59 Å². The van der Waals surface area contributed by atoms with Crippen molar-refractivity contribution in [2.75, 3.05) is 34.5 Å². The summed E-state index contributed by atoms with van der Waals surface area (Å²) in [5, 5.41) is 7.49. The van der Waals surface area contributed by atoms with E-state index in [0.29, 0.717) is 47.1 Å². The van der Waals surface area contributed by atoms with E-state index in [1.54, 1.807) is 33.5 Å². The first-order valence-electron chi connectivity index (χ1n) is 11.6. The van der Waals surface area contributed by atoms with Gasteiger partial charge in [-0.3, -0.25) is 9.59 Å². The van der Waals surface area contributed by atoms with Gasteiger partial charge < -0.3 is 28.8 Å². The zero-order chi connectivity index (χ0) is 25.1. The largest absolute Gasteiger partial charge is 0.493 e. The quantitative estimate of drug-likeness (QED) is 0.497. The molecule has 0 radical (unpaired) electrons. The summed E-state index contributed by atoms with van der Waals surface area (Å²) >= 11 is 0. The van der Waals surface area contributed by atoms with Gasteiger partial charge in [-0.1, -0.05) is 0 Å². The van der Waals surface area contributed by atoms with Gasteiger partial charge in [0, 0.05) is 49.5 Å². The van der Waals surface area contributed by atoms with E-state index in [4.69, 9.17) is 18.9 Å². The molecule has 35 heavy (non-hydrogen) atoms. The zero-order valence-corrected chi connectivity index (χ0v) is 20.8. The van der Waals surface area contributed by atoms with Crippen molar-refractivity contribution in [3.05, 3.63) is 39.8 Å². The van der Waals surface area contributed by atoms with E-state index in [1.807, 2.05) is 24.6 Å². The minimum atomic E-state index is -0.235. The maximum atomic E-state index is 13.3. The second kappa shape index (κ2) is 10.4. The van der Waals surface area contributed by atoms with Gasteiger partial charge in [0.2, 0.25) is 11.7 Å². The monoisotopic (exact) mass is 484 g/mol. The SMILES string of the molecule is COc1cc(-c2cc3n(C)c(C)c(CCC(=O)NC[C@H]4CCCO4)c(=O)n3n2)cc(OC)c1OC. The summed E-state index contributed by atoms with van der Waals surface area (Å²) in [6.45, 7) is 3.14. The fourth-order valence-electron chi connectivity index (χ4n) is 4.43. The van der Waals surface area contributed by atoms with Crippen LogP contribution in [0.3, 0.4) is 0 Å². The second-order valence-electron chi connectivity index (χ2n) is 8.58. The van der Waals surface area contributed by atoms with E-state index < -0.39 is 0 Å². The number of aromatic nitrogens is 3. The maximum Gasteiger partial charge on any atom is 0.277 e. The molecule has 188 valence electrons. The molecule has 1 fully saturated rings.